The van der Waals surface area contributed by atoms with Crippen LogP contribution < -0.4 is 5.32 Å². The van der Waals surface area contributed by atoms with Crippen molar-refractivity contribution in [1.29, 1.82) is 0 Å². The first-order valence-electron chi connectivity index (χ1n) is 5.84. The molecular formula is C13H14ClN3. The number of hydrogen-bond acceptors (Lipinski definition) is 2. The summed E-state index contributed by atoms with van der Waals surface area (Å²) >= 11 is 5.88. The van der Waals surface area contributed by atoms with Crippen molar-refractivity contribution in [2.24, 2.45) is 0 Å². The minimum absolute atomic E-state index is 0.496. The Morgan fingerprint density at radius 3 is 2.76 bits per heavy atom. The molecule has 0 spiro atoms. The van der Waals surface area contributed by atoms with Crippen molar-refractivity contribution in [2.45, 2.75) is 12.5 Å². The van der Waals surface area contributed by atoms with Crippen LogP contribution in [0.5, 0.6) is 0 Å². The highest BCUT2D eigenvalue weighted by Crippen LogP contribution is 2.23. The molecule has 3 nitrogen and oxygen atoms in total. The molecule has 1 aromatic carbocycles. The van der Waals surface area contributed by atoms with E-state index in [1.165, 1.54) is 0 Å². The van der Waals surface area contributed by atoms with Crippen molar-refractivity contribution in [3.63, 3.8) is 0 Å². The molecule has 1 aliphatic rings. The van der Waals surface area contributed by atoms with E-state index in [4.69, 9.17) is 11.6 Å². The van der Waals surface area contributed by atoms with Crippen LogP contribution >= 0.6 is 11.6 Å². The molecule has 1 N–H and O–H groups in total. The Kier molecular flexibility index (Phi) is 2.87. The lowest BCUT2D eigenvalue weighted by Crippen LogP contribution is -2.13. The zero-order chi connectivity index (χ0) is 11.7. The smallest absolute Gasteiger partial charge is 0.0655 e. The number of rotatable bonds is 2. The van der Waals surface area contributed by atoms with Gasteiger partial charge in [0.15, 0.2) is 0 Å². The molecule has 1 saturated heterocycles. The maximum atomic E-state index is 5.88. The molecule has 0 radical (unpaired) electrons. The SMILES string of the molecule is Clc1ccc(-c2cnn(C3CCNC3)c2)cc1. The molecule has 1 aliphatic heterocycles. The number of nitrogens with zero attached hydrogens (tertiary/aromatic N) is 2. The number of hydrogen-bond donors (Lipinski definition) is 1. The third-order valence-electron chi connectivity index (χ3n) is 3.19. The van der Waals surface area contributed by atoms with Crippen molar-refractivity contribution in [3.8, 4) is 11.1 Å². The summed E-state index contributed by atoms with van der Waals surface area (Å²) in [5, 5.41) is 8.55. The highest BCUT2D eigenvalue weighted by molar-refractivity contribution is 6.30. The van der Waals surface area contributed by atoms with E-state index in [-0.39, 0.29) is 0 Å². The molecule has 2 aromatic rings. The quantitative estimate of drug-likeness (QED) is 0.885. The molecule has 0 aliphatic carbocycles. The van der Waals surface area contributed by atoms with E-state index in [0.717, 1.165) is 35.7 Å². The Bertz CT molecular complexity index is 498. The average molecular weight is 248 g/mol. The molecule has 1 fully saturated rings. The zero-order valence-electron chi connectivity index (χ0n) is 9.44. The Morgan fingerprint density at radius 1 is 1.24 bits per heavy atom. The molecular weight excluding hydrogens is 234 g/mol. The van der Waals surface area contributed by atoms with Crippen LogP contribution in [0.4, 0.5) is 0 Å². The van der Waals surface area contributed by atoms with E-state index >= 15 is 0 Å². The number of halogens is 1. The fraction of sp³-hybridized carbons (Fsp3) is 0.308. The normalized spacial score (nSPS) is 19.7. The van der Waals surface area contributed by atoms with Gasteiger partial charge in [-0.2, -0.15) is 5.10 Å². The first-order valence-corrected chi connectivity index (χ1v) is 6.21. The second-order valence-electron chi connectivity index (χ2n) is 4.36. The van der Waals surface area contributed by atoms with Gasteiger partial charge in [0, 0.05) is 23.3 Å². The number of aromatic nitrogens is 2. The third-order valence-corrected chi connectivity index (χ3v) is 3.44. The molecule has 17 heavy (non-hydrogen) atoms. The van der Waals surface area contributed by atoms with Gasteiger partial charge in [-0.05, 0) is 30.7 Å². The Balaban J connectivity index is 1.86. The molecule has 1 atom stereocenters. The summed E-state index contributed by atoms with van der Waals surface area (Å²) in [4.78, 5) is 0. The van der Waals surface area contributed by atoms with Gasteiger partial charge in [0.2, 0.25) is 0 Å². The van der Waals surface area contributed by atoms with E-state index < -0.39 is 0 Å². The van der Waals surface area contributed by atoms with Crippen molar-refractivity contribution < 1.29 is 0 Å². The van der Waals surface area contributed by atoms with E-state index in [9.17, 15) is 0 Å². The second kappa shape index (κ2) is 4.51. The number of benzene rings is 1. The van der Waals surface area contributed by atoms with Gasteiger partial charge in [0.05, 0.1) is 12.2 Å². The van der Waals surface area contributed by atoms with E-state index in [0.29, 0.717) is 6.04 Å². The summed E-state index contributed by atoms with van der Waals surface area (Å²) in [5.41, 5.74) is 2.31. The second-order valence-corrected chi connectivity index (χ2v) is 4.80. The van der Waals surface area contributed by atoms with Crippen LogP contribution in [0.15, 0.2) is 36.7 Å². The Labute approximate surface area is 105 Å². The first kappa shape index (κ1) is 10.8. The van der Waals surface area contributed by atoms with E-state index in [1.54, 1.807) is 0 Å². The van der Waals surface area contributed by atoms with E-state index in [1.807, 2.05) is 30.5 Å². The summed E-state index contributed by atoms with van der Waals surface area (Å²) in [6.45, 7) is 2.10. The van der Waals surface area contributed by atoms with Crippen LogP contribution in [0, 0.1) is 0 Å². The van der Waals surface area contributed by atoms with Crippen LogP contribution in [0.2, 0.25) is 5.02 Å². The molecule has 3 rings (SSSR count). The van der Waals surface area contributed by atoms with Gasteiger partial charge in [0.1, 0.15) is 0 Å². The Hall–Kier alpha value is -1.32. The fourth-order valence-electron chi connectivity index (χ4n) is 2.19. The van der Waals surface area contributed by atoms with Crippen molar-refractivity contribution in [2.75, 3.05) is 13.1 Å². The summed E-state index contributed by atoms with van der Waals surface area (Å²) in [7, 11) is 0. The van der Waals surface area contributed by atoms with Crippen molar-refractivity contribution in [1.82, 2.24) is 15.1 Å². The maximum Gasteiger partial charge on any atom is 0.0655 e. The van der Waals surface area contributed by atoms with Crippen LogP contribution in [-0.2, 0) is 0 Å². The monoisotopic (exact) mass is 247 g/mol. The average Bonchev–Trinajstić information content (AvgIpc) is 3.00. The highest BCUT2D eigenvalue weighted by Gasteiger charge is 2.17. The predicted octanol–water partition coefficient (Wildman–Crippen LogP) is 2.74. The molecule has 0 amide bonds. The lowest BCUT2D eigenvalue weighted by molar-refractivity contribution is 0.491. The molecule has 88 valence electrons. The zero-order valence-corrected chi connectivity index (χ0v) is 10.2. The van der Waals surface area contributed by atoms with Crippen molar-refractivity contribution >= 4 is 11.6 Å². The van der Waals surface area contributed by atoms with Crippen LogP contribution in [0.25, 0.3) is 11.1 Å². The minimum Gasteiger partial charge on any atom is -0.315 e. The molecule has 4 heteroatoms. The summed E-state index contributed by atoms with van der Waals surface area (Å²) in [5.74, 6) is 0. The summed E-state index contributed by atoms with van der Waals surface area (Å²) in [6.07, 6.45) is 5.18. The number of nitrogens with one attached hydrogen (secondary N) is 1. The molecule has 0 bridgehead atoms. The maximum absolute atomic E-state index is 5.88. The fourth-order valence-corrected chi connectivity index (χ4v) is 2.32. The van der Waals surface area contributed by atoms with Crippen LogP contribution in [0.3, 0.4) is 0 Å². The molecule has 1 aromatic heterocycles. The molecule has 0 saturated carbocycles. The lowest BCUT2D eigenvalue weighted by Gasteiger charge is -2.07. The molecule has 1 unspecified atom stereocenters. The van der Waals surface area contributed by atoms with Gasteiger partial charge in [-0.1, -0.05) is 23.7 Å². The predicted molar refractivity (Wildman–Crippen MR) is 69.2 cm³/mol. The highest BCUT2D eigenvalue weighted by atomic mass is 35.5. The minimum atomic E-state index is 0.496. The lowest BCUT2D eigenvalue weighted by atomic mass is 10.1. The van der Waals surface area contributed by atoms with Gasteiger partial charge in [-0.3, -0.25) is 4.68 Å². The van der Waals surface area contributed by atoms with Gasteiger partial charge < -0.3 is 5.32 Å². The van der Waals surface area contributed by atoms with Crippen LogP contribution in [0.1, 0.15) is 12.5 Å². The van der Waals surface area contributed by atoms with Gasteiger partial charge in [0.25, 0.3) is 0 Å². The summed E-state index contributed by atoms with van der Waals surface area (Å²) < 4.78 is 2.06. The largest absolute Gasteiger partial charge is 0.315 e. The van der Waals surface area contributed by atoms with Crippen molar-refractivity contribution in [3.05, 3.63) is 41.7 Å². The Morgan fingerprint density at radius 2 is 2.06 bits per heavy atom. The van der Waals surface area contributed by atoms with E-state index in [2.05, 4.69) is 21.3 Å². The standard InChI is InChI=1S/C13H14ClN3/c14-12-3-1-10(2-4-12)11-7-16-17(9-11)13-5-6-15-8-13/h1-4,7,9,13,15H,5-6,8H2. The first-order chi connectivity index (χ1) is 8.33. The van der Waals surface area contributed by atoms with Gasteiger partial charge >= 0.3 is 0 Å². The van der Waals surface area contributed by atoms with Crippen LogP contribution in [-0.4, -0.2) is 22.9 Å². The molecule has 2 heterocycles. The topological polar surface area (TPSA) is 29.9 Å². The van der Waals surface area contributed by atoms with Gasteiger partial charge in [-0.25, -0.2) is 0 Å². The third kappa shape index (κ3) is 2.21. The summed E-state index contributed by atoms with van der Waals surface area (Å²) in [6, 6.07) is 8.36. The van der Waals surface area contributed by atoms with Gasteiger partial charge in [-0.15, -0.1) is 0 Å².